The molecular formula is C15H13N3O3. The lowest BCUT2D eigenvalue weighted by Crippen LogP contribution is -2.08. The molecule has 0 spiro atoms. The van der Waals surface area contributed by atoms with E-state index in [1.165, 1.54) is 13.4 Å². The van der Waals surface area contributed by atoms with Gasteiger partial charge >= 0.3 is 5.97 Å². The molecular weight excluding hydrogens is 270 g/mol. The van der Waals surface area contributed by atoms with Gasteiger partial charge in [-0.25, -0.2) is 14.8 Å². The molecule has 0 aliphatic carbocycles. The van der Waals surface area contributed by atoms with Crippen molar-refractivity contribution >= 4 is 17.7 Å². The van der Waals surface area contributed by atoms with Crippen molar-refractivity contribution in [2.24, 2.45) is 0 Å². The van der Waals surface area contributed by atoms with E-state index in [0.717, 1.165) is 11.1 Å². The summed E-state index contributed by atoms with van der Waals surface area (Å²) in [6.45, 7) is 1.80. The van der Waals surface area contributed by atoms with Crippen LogP contribution in [0.3, 0.4) is 0 Å². The number of carbonyl (C=O) groups is 2. The molecule has 0 saturated heterocycles. The molecule has 1 unspecified atom stereocenters. The molecule has 6 nitrogen and oxygen atoms in total. The van der Waals surface area contributed by atoms with Crippen LogP contribution >= 0.6 is 0 Å². The molecule has 1 aromatic heterocycles. The highest BCUT2D eigenvalue weighted by atomic mass is 16.5. The fraction of sp³-hybridized carbons (Fsp3) is 0.200. The molecule has 0 saturated carbocycles. The van der Waals surface area contributed by atoms with Crippen molar-refractivity contribution in [2.45, 2.75) is 12.8 Å². The summed E-state index contributed by atoms with van der Waals surface area (Å²) in [5.74, 6) is -0.306. The summed E-state index contributed by atoms with van der Waals surface area (Å²) in [5, 5.41) is 2.72. The highest BCUT2D eigenvalue weighted by Gasteiger charge is 2.31. The van der Waals surface area contributed by atoms with Crippen LogP contribution in [0.5, 0.6) is 0 Å². The number of esters is 1. The Morgan fingerprint density at radius 3 is 2.90 bits per heavy atom. The first kappa shape index (κ1) is 13.2. The number of nitrogens with zero attached hydrogens (tertiary/aromatic N) is 2. The Hall–Kier alpha value is -2.76. The highest BCUT2D eigenvalue weighted by Crippen LogP contribution is 2.37. The quantitative estimate of drug-likeness (QED) is 0.852. The van der Waals surface area contributed by atoms with Gasteiger partial charge in [-0.15, -0.1) is 0 Å². The average molecular weight is 283 g/mol. The predicted octanol–water partition coefficient (Wildman–Crippen LogP) is 1.99. The van der Waals surface area contributed by atoms with E-state index < -0.39 is 5.97 Å². The van der Waals surface area contributed by atoms with Crippen molar-refractivity contribution in [3.8, 4) is 11.3 Å². The molecule has 0 bridgehead atoms. The van der Waals surface area contributed by atoms with E-state index in [9.17, 15) is 9.59 Å². The van der Waals surface area contributed by atoms with E-state index in [0.29, 0.717) is 17.1 Å². The van der Waals surface area contributed by atoms with Crippen LogP contribution in [0.4, 0.5) is 5.82 Å². The predicted molar refractivity (Wildman–Crippen MR) is 75.9 cm³/mol. The zero-order valence-electron chi connectivity index (χ0n) is 11.6. The smallest absolute Gasteiger partial charge is 0.337 e. The van der Waals surface area contributed by atoms with Crippen molar-refractivity contribution < 1.29 is 14.3 Å². The lowest BCUT2D eigenvalue weighted by Gasteiger charge is -2.09. The Kier molecular flexibility index (Phi) is 3.13. The first-order valence-electron chi connectivity index (χ1n) is 6.46. The third kappa shape index (κ3) is 2.14. The fourth-order valence-electron chi connectivity index (χ4n) is 2.40. The maximum Gasteiger partial charge on any atom is 0.337 e. The number of rotatable bonds is 2. The molecule has 0 radical (unpaired) electrons. The third-order valence-electron chi connectivity index (χ3n) is 3.51. The summed E-state index contributed by atoms with van der Waals surface area (Å²) in [7, 11) is 1.34. The van der Waals surface area contributed by atoms with Gasteiger partial charge in [0.05, 0.1) is 24.3 Å². The first-order valence-corrected chi connectivity index (χ1v) is 6.46. The standard InChI is InChI=1S/C15H13N3O3/c1-8-11-12(16-7-17-13(11)18-14(8)19)9-4-3-5-10(6-9)15(20)21-2/h3-8H,1-2H3,(H,16,17,18,19). The highest BCUT2D eigenvalue weighted by molar-refractivity contribution is 6.03. The summed E-state index contributed by atoms with van der Waals surface area (Å²) in [5.41, 5.74) is 2.59. The second-order valence-corrected chi connectivity index (χ2v) is 4.77. The van der Waals surface area contributed by atoms with Gasteiger partial charge in [0.25, 0.3) is 0 Å². The van der Waals surface area contributed by atoms with Crippen molar-refractivity contribution in [2.75, 3.05) is 12.4 Å². The van der Waals surface area contributed by atoms with Gasteiger partial charge in [0, 0.05) is 11.1 Å². The number of methoxy groups -OCH3 is 1. The van der Waals surface area contributed by atoms with Crippen LogP contribution in [-0.2, 0) is 9.53 Å². The molecule has 1 aromatic carbocycles. The topological polar surface area (TPSA) is 81.2 Å². The van der Waals surface area contributed by atoms with Crippen molar-refractivity contribution in [1.82, 2.24) is 9.97 Å². The van der Waals surface area contributed by atoms with Gasteiger partial charge in [0.15, 0.2) is 0 Å². The van der Waals surface area contributed by atoms with Gasteiger partial charge in [-0.1, -0.05) is 12.1 Å². The number of hydrogen-bond donors (Lipinski definition) is 1. The summed E-state index contributed by atoms with van der Waals surface area (Å²) in [6.07, 6.45) is 1.40. The zero-order valence-corrected chi connectivity index (χ0v) is 11.6. The number of ether oxygens (including phenoxy) is 1. The fourth-order valence-corrected chi connectivity index (χ4v) is 2.40. The summed E-state index contributed by atoms with van der Waals surface area (Å²) in [6, 6.07) is 6.96. The van der Waals surface area contributed by atoms with E-state index >= 15 is 0 Å². The average Bonchev–Trinajstić information content (AvgIpc) is 2.81. The van der Waals surface area contributed by atoms with Gasteiger partial charge in [0.1, 0.15) is 12.1 Å². The van der Waals surface area contributed by atoms with Gasteiger partial charge in [0.2, 0.25) is 5.91 Å². The van der Waals surface area contributed by atoms with Crippen molar-refractivity contribution in [1.29, 1.82) is 0 Å². The molecule has 1 aliphatic heterocycles. The molecule has 0 fully saturated rings. The van der Waals surface area contributed by atoms with Crippen molar-refractivity contribution in [3.05, 3.63) is 41.7 Å². The van der Waals surface area contributed by atoms with Gasteiger partial charge in [-0.05, 0) is 19.1 Å². The third-order valence-corrected chi connectivity index (χ3v) is 3.51. The molecule has 1 aliphatic rings. The number of anilines is 1. The Morgan fingerprint density at radius 1 is 1.33 bits per heavy atom. The molecule has 2 aromatic rings. The number of hydrogen-bond acceptors (Lipinski definition) is 5. The largest absolute Gasteiger partial charge is 0.465 e. The van der Waals surface area contributed by atoms with Gasteiger partial charge in [-0.3, -0.25) is 4.79 Å². The summed E-state index contributed by atoms with van der Waals surface area (Å²) in [4.78, 5) is 31.8. The molecule has 3 rings (SSSR count). The molecule has 2 heterocycles. The molecule has 1 N–H and O–H groups in total. The number of carbonyl (C=O) groups excluding carboxylic acids is 2. The molecule has 21 heavy (non-hydrogen) atoms. The molecule has 1 atom stereocenters. The lowest BCUT2D eigenvalue weighted by molar-refractivity contribution is -0.116. The van der Waals surface area contributed by atoms with Crippen LogP contribution in [0.25, 0.3) is 11.3 Å². The Bertz CT molecular complexity index is 743. The Labute approximate surface area is 121 Å². The Morgan fingerprint density at radius 2 is 2.14 bits per heavy atom. The normalized spacial score (nSPS) is 16.3. The zero-order chi connectivity index (χ0) is 15.0. The SMILES string of the molecule is COC(=O)c1cccc(-c2ncnc3c2C(C)C(=O)N3)c1. The maximum atomic E-state index is 11.8. The van der Waals surface area contributed by atoms with Gasteiger partial charge in [-0.2, -0.15) is 0 Å². The molecule has 106 valence electrons. The van der Waals surface area contributed by atoms with E-state index in [-0.39, 0.29) is 11.8 Å². The molecule has 1 amide bonds. The van der Waals surface area contributed by atoms with Crippen LogP contribution in [0.15, 0.2) is 30.6 Å². The number of aromatic nitrogens is 2. The van der Waals surface area contributed by atoms with Crippen LogP contribution < -0.4 is 5.32 Å². The summed E-state index contributed by atoms with van der Waals surface area (Å²) >= 11 is 0. The Balaban J connectivity index is 2.13. The first-order chi connectivity index (χ1) is 10.1. The minimum atomic E-state index is -0.412. The molecule has 6 heteroatoms. The van der Waals surface area contributed by atoms with E-state index in [2.05, 4.69) is 15.3 Å². The lowest BCUT2D eigenvalue weighted by atomic mass is 9.97. The number of nitrogens with one attached hydrogen (secondary N) is 1. The minimum absolute atomic E-state index is 0.101. The van der Waals surface area contributed by atoms with Crippen LogP contribution in [-0.4, -0.2) is 29.0 Å². The second kappa shape index (κ2) is 4.97. The van der Waals surface area contributed by atoms with Crippen LogP contribution in [0.1, 0.15) is 28.8 Å². The van der Waals surface area contributed by atoms with Crippen LogP contribution in [0, 0.1) is 0 Å². The monoisotopic (exact) mass is 283 g/mol. The summed E-state index contributed by atoms with van der Waals surface area (Å²) < 4.78 is 4.72. The number of amides is 1. The van der Waals surface area contributed by atoms with E-state index in [4.69, 9.17) is 4.74 Å². The van der Waals surface area contributed by atoms with E-state index in [1.54, 1.807) is 25.1 Å². The minimum Gasteiger partial charge on any atom is -0.465 e. The van der Waals surface area contributed by atoms with Crippen molar-refractivity contribution in [3.63, 3.8) is 0 Å². The maximum absolute atomic E-state index is 11.8. The number of benzene rings is 1. The van der Waals surface area contributed by atoms with Crippen LogP contribution in [0.2, 0.25) is 0 Å². The van der Waals surface area contributed by atoms with Gasteiger partial charge < -0.3 is 10.1 Å². The number of fused-ring (bicyclic) bond motifs is 1. The van der Waals surface area contributed by atoms with E-state index in [1.807, 2.05) is 6.07 Å². The second-order valence-electron chi connectivity index (χ2n) is 4.77.